The molecule has 4 aromatic rings. The third-order valence-corrected chi connectivity index (χ3v) is 5.44. The average Bonchev–Trinajstić information content (AvgIpc) is 3.40. The van der Waals surface area contributed by atoms with Crippen molar-refractivity contribution in [3.05, 3.63) is 48.6 Å². The van der Waals surface area contributed by atoms with Gasteiger partial charge in [-0.25, -0.2) is 9.97 Å². The van der Waals surface area contributed by atoms with E-state index in [2.05, 4.69) is 25.3 Å². The molecular formula is C22H22N6O3. The van der Waals surface area contributed by atoms with Crippen LogP contribution in [-0.4, -0.2) is 43.9 Å². The van der Waals surface area contributed by atoms with Gasteiger partial charge in [0.1, 0.15) is 6.26 Å². The van der Waals surface area contributed by atoms with E-state index in [-0.39, 0.29) is 23.4 Å². The summed E-state index contributed by atoms with van der Waals surface area (Å²) in [5.41, 5.74) is 2.99. The molecule has 0 saturated carbocycles. The Labute approximate surface area is 178 Å². The van der Waals surface area contributed by atoms with E-state index in [9.17, 15) is 9.90 Å². The number of piperidine rings is 1. The second kappa shape index (κ2) is 7.75. The van der Waals surface area contributed by atoms with E-state index in [1.807, 2.05) is 25.4 Å². The molecule has 0 radical (unpaired) electrons. The molecule has 9 nitrogen and oxygen atoms in total. The molecule has 5 rings (SSSR count). The van der Waals surface area contributed by atoms with Crippen molar-refractivity contribution in [1.82, 2.24) is 19.7 Å². The molecule has 0 atom stereocenters. The fraction of sp³-hybridized carbons (Fsp3) is 0.273. The first kappa shape index (κ1) is 19.1. The van der Waals surface area contributed by atoms with Gasteiger partial charge in [-0.3, -0.25) is 9.48 Å². The maximum absolute atomic E-state index is 13.0. The fourth-order valence-electron chi connectivity index (χ4n) is 3.93. The molecule has 9 heteroatoms. The number of rotatable bonds is 4. The number of carbonyl (C=O) groups excluding carboxylic acids is 1. The van der Waals surface area contributed by atoms with E-state index in [1.165, 1.54) is 18.9 Å². The van der Waals surface area contributed by atoms with Crippen LogP contribution in [0.5, 0.6) is 5.88 Å². The number of nitrogens with one attached hydrogen (secondary N) is 1. The molecule has 31 heavy (non-hydrogen) atoms. The van der Waals surface area contributed by atoms with Gasteiger partial charge in [0.25, 0.3) is 5.91 Å². The zero-order valence-electron chi connectivity index (χ0n) is 17.1. The van der Waals surface area contributed by atoms with E-state index in [0.29, 0.717) is 11.3 Å². The summed E-state index contributed by atoms with van der Waals surface area (Å²) in [5.74, 6) is -0.458. The van der Waals surface area contributed by atoms with Crippen molar-refractivity contribution in [2.75, 3.05) is 23.3 Å². The molecule has 0 aliphatic carbocycles. The highest BCUT2D eigenvalue weighted by Crippen LogP contribution is 2.33. The lowest BCUT2D eigenvalue weighted by Gasteiger charge is -2.30. The van der Waals surface area contributed by atoms with Crippen LogP contribution in [0.3, 0.4) is 0 Å². The SMILES string of the molecule is Cn1cc2cc(NC(=O)c3coc(-c4cccnc4O)n3)c(N3CCCCC3)cc2n1. The van der Waals surface area contributed by atoms with Gasteiger partial charge in [-0.15, -0.1) is 0 Å². The van der Waals surface area contributed by atoms with Gasteiger partial charge >= 0.3 is 0 Å². The number of hydrogen-bond donors (Lipinski definition) is 2. The molecule has 158 valence electrons. The third kappa shape index (κ3) is 3.70. The smallest absolute Gasteiger partial charge is 0.277 e. The van der Waals surface area contributed by atoms with Gasteiger partial charge in [-0.1, -0.05) is 0 Å². The van der Waals surface area contributed by atoms with Gasteiger partial charge in [0, 0.05) is 37.9 Å². The van der Waals surface area contributed by atoms with E-state index >= 15 is 0 Å². The summed E-state index contributed by atoms with van der Waals surface area (Å²) in [7, 11) is 1.88. The lowest BCUT2D eigenvalue weighted by molar-refractivity contribution is 0.102. The van der Waals surface area contributed by atoms with Crippen LogP contribution in [0.15, 0.2) is 47.3 Å². The van der Waals surface area contributed by atoms with Crippen molar-refractivity contribution in [3.8, 4) is 17.3 Å². The monoisotopic (exact) mass is 418 g/mol. The van der Waals surface area contributed by atoms with Gasteiger partial charge in [0.2, 0.25) is 11.8 Å². The van der Waals surface area contributed by atoms with Crippen molar-refractivity contribution < 1.29 is 14.3 Å². The minimum atomic E-state index is -0.389. The van der Waals surface area contributed by atoms with Crippen LogP contribution in [0.1, 0.15) is 29.8 Å². The molecule has 2 N–H and O–H groups in total. The standard InChI is InChI=1S/C22H22N6O3/c1-27-12-14-10-17(19(11-16(14)26-27)28-8-3-2-4-9-28)24-21(30)18-13-31-22(25-18)15-6-5-7-23-20(15)29/h5-7,10-13H,2-4,8-9H2,1H3,(H,23,29)(H,24,30). The summed E-state index contributed by atoms with van der Waals surface area (Å²) in [6.45, 7) is 1.88. The second-order valence-electron chi connectivity index (χ2n) is 7.65. The minimum absolute atomic E-state index is 0.120. The minimum Gasteiger partial charge on any atom is -0.493 e. The van der Waals surface area contributed by atoms with Gasteiger partial charge in [0.15, 0.2) is 5.69 Å². The first-order valence-corrected chi connectivity index (χ1v) is 10.2. The number of fused-ring (bicyclic) bond motifs is 1. The van der Waals surface area contributed by atoms with Crippen molar-refractivity contribution in [3.63, 3.8) is 0 Å². The Morgan fingerprint density at radius 2 is 2.06 bits per heavy atom. The number of hydrogen-bond acceptors (Lipinski definition) is 7. The van der Waals surface area contributed by atoms with Crippen LogP contribution < -0.4 is 10.2 Å². The fourth-order valence-corrected chi connectivity index (χ4v) is 3.93. The van der Waals surface area contributed by atoms with Crippen molar-refractivity contribution in [1.29, 1.82) is 0 Å². The molecule has 4 heterocycles. The highest BCUT2D eigenvalue weighted by molar-refractivity contribution is 6.06. The zero-order chi connectivity index (χ0) is 21.4. The summed E-state index contributed by atoms with van der Waals surface area (Å²) in [6, 6.07) is 7.25. The number of oxazole rings is 1. The lowest BCUT2D eigenvalue weighted by Crippen LogP contribution is -2.30. The van der Waals surface area contributed by atoms with Gasteiger partial charge in [-0.2, -0.15) is 5.10 Å². The summed E-state index contributed by atoms with van der Waals surface area (Å²) < 4.78 is 7.18. The highest BCUT2D eigenvalue weighted by atomic mass is 16.3. The highest BCUT2D eigenvalue weighted by Gasteiger charge is 2.21. The molecule has 3 aromatic heterocycles. The normalized spacial score (nSPS) is 14.2. The third-order valence-electron chi connectivity index (χ3n) is 5.44. The van der Waals surface area contributed by atoms with Crippen LogP contribution in [0.2, 0.25) is 0 Å². The van der Waals surface area contributed by atoms with Crippen LogP contribution in [0, 0.1) is 0 Å². The van der Waals surface area contributed by atoms with Crippen LogP contribution >= 0.6 is 0 Å². The Hall–Kier alpha value is -3.88. The molecule has 1 fully saturated rings. The van der Waals surface area contributed by atoms with Gasteiger partial charge in [-0.05, 0) is 43.5 Å². The number of amides is 1. The van der Waals surface area contributed by atoms with E-state index in [4.69, 9.17) is 4.42 Å². The quantitative estimate of drug-likeness (QED) is 0.521. The number of aromatic nitrogens is 4. The van der Waals surface area contributed by atoms with Crippen molar-refractivity contribution in [2.45, 2.75) is 19.3 Å². The number of anilines is 2. The molecule has 1 saturated heterocycles. The predicted octanol–water partition coefficient (Wildman–Crippen LogP) is 3.57. The number of aryl methyl sites for hydroxylation is 1. The Morgan fingerprint density at radius 3 is 2.87 bits per heavy atom. The number of carbonyl (C=O) groups is 1. The van der Waals surface area contributed by atoms with Crippen molar-refractivity contribution >= 4 is 28.2 Å². The number of aromatic hydroxyl groups is 1. The molecular weight excluding hydrogens is 396 g/mol. The van der Waals surface area contributed by atoms with Crippen LogP contribution in [0.25, 0.3) is 22.4 Å². The summed E-state index contributed by atoms with van der Waals surface area (Å²) >= 11 is 0. The van der Waals surface area contributed by atoms with E-state index < -0.39 is 0 Å². The molecule has 0 bridgehead atoms. The Kier molecular flexibility index (Phi) is 4.78. The number of nitrogens with zero attached hydrogens (tertiary/aromatic N) is 5. The molecule has 1 amide bonds. The summed E-state index contributed by atoms with van der Waals surface area (Å²) in [5, 5.41) is 18.3. The Balaban J connectivity index is 1.47. The first-order valence-electron chi connectivity index (χ1n) is 10.2. The number of pyridine rings is 1. The first-order chi connectivity index (χ1) is 15.1. The maximum Gasteiger partial charge on any atom is 0.277 e. The Bertz CT molecular complexity index is 1260. The molecule has 0 unspecified atom stereocenters. The zero-order valence-corrected chi connectivity index (χ0v) is 17.1. The second-order valence-corrected chi connectivity index (χ2v) is 7.65. The topological polar surface area (TPSA) is 109 Å². The summed E-state index contributed by atoms with van der Waals surface area (Å²) in [6.07, 6.45) is 8.12. The molecule has 1 aromatic carbocycles. The van der Waals surface area contributed by atoms with Crippen LogP contribution in [0.4, 0.5) is 11.4 Å². The van der Waals surface area contributed by atoms with Crippen LogP contribution in [-0.2, 0) is 7.05 Å². The van der Waals surface area contributed by atoms with Crippen molar-refractivity contribution in [2.24, 2.45) is 7.05 Å². The average molecular weight is 418 g/mol. The van der Waals surface area contributed by atoms with E-state index in [0.717, 1.165) is 42.5 Å². The lowest BCUT2D eigenvalue weighted by atomic mass is 10.1. The Morgan fingerprint density at radius 1 is 1.23 bits per heavy atom. The largest absolute Gasteiger partial charge is 0.493 e. The van der Waals surface area contributed by atoms with Gasteiger partial charge in [0.05, 0.1) is 22.5 Å². The number of benzene rings is 1. The maximum atomic E-state index is 13.0. The molecule has 1 aliphatic heterocycles. The predicted molar refractivity (Wildman–Crippen MR) is 116 cm³/mol. The van der Waals surface area contributed by atoms with E-state index in [1.54, 1.807) is 16.8 Å². The molecule has 0 spiro atoms. The summed E-state index contributed by atoms with van der Waals surface area (Å²) in [4.78, 5) is 23.3. The molecule has 1 aliphatic rings. The van der Waals surface area contributed by atoms with Gasteiger partial charge < -0.3 is 19.7 Å².